The third kappa shape index (κ3) is 4.73. The number of carbonyl (C=O) groups excluding carboxylic acids is 2. The van der Waals surface area contributed by atoms with Crippen molar-refractivity contribution in [1.82, 2.24) is 10.6 Å². The molecule has 1 aliphatic carbocycles. The van der Waals surface area contributed by atoms with Crippen LogP contribution in [-0.4, -0.2) is 24.4 Å². The molecule has 1 aliphatic rings. The van der Waals surface area contributed by atoms with E-state index in [-0.39, 0.29) is 30.4 Å². The Kier molecular flexibility index (Phi) is 6.07. The number of rotatable bonds is 7. The van der Waals surface area contributed by atoms with Crippen molar-refractivity contribution in [2.45, 2.75) is 44.7 Å². The Balaban J connectivity index is 1.56. The van der Waals surface area contributed by atoms with Crippen molar-refractivity contribution in [2.75, 3.05) is 11.9 Å². The Bertz CT molecular complexity index is 737. The van der Waals surface area contributed by atoms with Crippen LogP contribution in [0.2, 0.25) is 0 Å². The number of hydrogen-bond acceptors (Lipinski definition) is 4. The first kappa shape index (κ1) is 18.2. The summed E-state index contributed by atoms with van der Waals surface area (Å²) in [5.74, 6) is 0.434. The van der Waals surface area contributed by atoms with Crippen LogP contribution in [0.15, 0.2) is 47.1 Å². The predicted molar refractivity (Wildman–Crippen MR) is 99.9 cm³/mol. The number of para-hydroxylation sites is 1. The molecule has 1 saturated carbocycles. The van der Waals surface area contributed by atoms with Gasteiger partial charge in [0.1, 0.15) is 5.76 Å². The summed E-state index contributed by atoms with van der Waals surface area (Å²) in [7, 11) is 0. The van der Waals surface area contributed by atoms with Gasteiger partial charge in [0.2, 0.25) is 5.91 Å². The van der Waals surface area contributed by atoms with Gasteiger partial charge in [-0.3, -0.25) is 14.9 Å². The highest BCUT2D eigenvalue weighted by Crippen LogP contribution is 2.20. The van der Waals surface area contributed by atoms with Crippen molar-refractivity contribution in [3.05, 3.63) is 54.0 Å². The van der Waals surface area contributed by atoms with Crippen LogP contribution < -0.4 is 16.0 Å². The topological polar surface area (TPSA) is 83.4 Å². The first-order valence-corrected chi connectivity index (χ1v) is 9.10. The molecule has 6 heteroatoms. The molecule has 0 radical (unpaired) electrons. The fraction of sp³-hybridized carbons (Fsp3) is 0.400. The normalized spacial score (nSPS) is 15.6. The third-order valence-electron chi connectivity index (χ3n) is 4.67. The second-order valence-electron chi connectivity index (χ2n) is 6.67. The van der Waals surface area contributed by atoms with Crippen LogP contribution in [0, 0.1) is 0 Å². The lowest BCUT2D eigenvalue weighted by molar-refractivity contribution is -0.115. The minimum absolute atomic E-state index is 0.0725. The van der Waals surface area contributed by atoms with E-state index in [4.69, 9.17) is 4.42 Å². The molecule has 0 bridgehead atoms. The van der Waals surface area contributed by atoms with Crippen LogP contribution in [0.4, 0.5) is 5.69 Å². The summed E-state index contributed by atoms with van der Waals surface area (Å²) in [6, 6.07) is 10.9. The van der Waals surface area contributed by atoms with Gasteiger partial charge >= 0.3 is 0 Å². The van der Waals surface area contributed by atoms with Gasteiger partial charge in [-0.2, -0.15) is 0 Å². The number of anilines is 1. The minimum atomic E-state index is -0.204. The zero-order chi connectivity index (χ0) is 18.4. The Labute approximate surface area is 153 Å². The number of carbonyl (C=O) groups is 2. The van der Waals surface area contributed by atoms with E-state index in [0.717, 1.165) is 31.4 Å². The highest BCUT2D eigenvalue weighted by molar-refractivity contribution is 6.04. The summed E-state index contributed by atoms with van der Waals surface area (Å²) >= 11 is 0. The van der Waals surface area contributed by atoms with E-state index in [0.29, 0.717) is 11.3 Å². The highest BCUT2D eigenvalue weighted by Gasteiger charge is 2.20. The molecular weight excluding hydrogens is 330 g/mol. The Morgan fingerprint density at radius 3 is 2.65 bits per heavy atom. The number of nitrogens with one attached hydrogen (secondary N) is 3. The molecule has 138 valence electrons. The maximum Gasteiger partial charge on any atom is 0.253 e. The van der Waals surface area contributed by atoms with Crippen molar-refractivity contribution in [1.29, 1.82) is 0 Å². The second-order valence-corrected chi connectivity index (χ2v) is 6.67. The second kappa shape index (κ2) is 8.67. The van der Waals surface area contributed by atoms with Gasteiger partial charge in [-0.1, -0.05) is 25.0 Å². The van der Waals surface area contributed by atoms with Gasteiger partial charge in [-0.15, -0.1) is 0 Å². The average molecular weight is 355 g/mol. The quantitative estimate of drug-likeness (QED) is 0.712. The van der Waals surface area contributed by atoms with Gasteiger partial charge in [0.25, 0.3) is 5.91 Å². The van der Waals surface area contributed by atoms with E-state index >= 15 is 0 Å². The van der Waals surface area contributed by atoms with Crippen LogP contribution in [0.25, 0.3) is 0 Å². The SMILES string of the molecule is C[C@H](NCC(=O)Nc1ccccc1C(=O)NC1CCCC1)c1ccco1. The summed E-state index contributed by atoms with van der Waals surface area (Å²) < 4.78 is 5.31. The first-order valence-electron chi connectivity index (χ1n) is 9.10. The molecule has 3 rings (SSSR count). The minimum Gasteiger partial charge on any atom is -0.468 e. The van der Waals surface area contributed by atoms with Crippen LogP contribution in [-0.2, 0) is 4.79 Å². The highest BCUT2D eigenvalue weighted by atomic mass is 16.3. The van der Waals surface area contributed by atoms with Crippen molar-refractivity contribution in [3.8, 4) is 0 Å². The molecule has 2 aromatic rings. The summed E-state index contributed by atoms with van der Waals surface area (Å²) in [6.45, 7) is 2.05. The third-order valence-corrected chi connectivity index (χ3v) is 4.67. The molecule has 1 aromatic heterocycles. The molecule has 26 heavy (non-hydrogen) atoms. The van der Waals surface area contributed by atoms with Gasteiger partial charge in [-0.25, -0.2) is 0 Å². The zero-order valence-electron chi connectivity index (χ0n) is 15.0. The van der Waals surface area contributed by atoms with E-state index in [1.54, 1.807) is 30.5 Å². The first-order chi connectivity index (χ1) is 12.6. The standard InChI is InChI=1S/C20H25N3O3/c1-14(18-11-6-12-26-18)21-13-19(24)23-17-10-5-4-9-16(17)20(25)22-15-7-2-3-8-15/h4-6,9-12,14-15,21H,2-3,7-8,13H2,1H3,(H,22,25)(H,23,24)/t14-/m0/s1. The van der Waals surface area contributed by atoms with Gasteiger partial charge < -0.3 is 15.1 Å². The molecule has 0 aliphatic heterocycles. The number of furan rings is 1. The molecule has 3 N–H and O–H groups in total. The Morgan fingerprint density at radius 1 is 1.15 bits per heavy atom. The lowest BCUT2D eigenvalue weighted by atomic mass is 10.1. The van der Waals surface area contributed by atoms with E-state index in [1.165, 1.54) is 0 Å². The van der Waals surface area contributed by atoms with E-state index in [9.17, 15) is 9.59 Å². The molecule has 1 fully saturated rings. The fourth-order valence-electron chi connectivity index (χ4n) is 3.20. The van der Waals surface area contributed by atoms with Crippen molar-refractivity contribution >= 4 is 17.5 Å². The fourth-order valence-corrected chi connectivity index (χ4v) is 3.20. The Hall–Kier alpha value is -2.60. The maximum atomic E-state index is 12.5. The molecule has 1 heterocycles. The molecule has 0 saturated heterocycles. The van der Waals surface area contributed by atoms with Crippen molar-refractivity contribution in [2.24, 2.45) is 0 Å². The molecule has 1 atom stereocenters. The summed E-state index contributed by atoms with van der Waals surface area (Å²) in [5, 5.41) is 8.99. The van der Waals surface area contributed by atoms with Crippen molar-refractivity contribution < 1.29 is 14.0 Å². The smallest absolute Gasteiger partial charge is 0.253 e. The monoisotopic (exact) mass is 355 g/mol. The van der Waals surface area contributed by atoms with Crippen LogP contribution >= 0.6 is 0 Å². The molecule has 6 nitrogen and oxygen atoms in total. The summed E-state index contributed by atoms with van der Waals surface area (Å²) in [4.78, 5) is 24.8. The lowest BCUT2D eigenvalue weighted by Gasteiger charge is -2.16. The number of benzene rings is 1. The molecule has 2 amide bonds. The van der Waals surface area contributed by atoms with Gasteiger partial charge in [-0.05, 0) is 44.0 Å². The zero-order valence-corrected chi connectivity index (χ0v) is 15.0. The van der Waals surface area contributed by atoms with Gasteiger partial charge in [0, 0.05) is 6.04 Å². The number of amides is 2. The lowest BCUT2D eigenvalue weighted by Crippen LogP contribution is -2.34. The molecular formula is C20H25N3O3. The molecule has 1 aromatic carbocycles. The Morgan fingerprint density at radius 2 is 1.92 bits per heavy atom. The predicted octanol–water partition coefficient (Wildman–Crippen LogP) is 3.24. The van der Waals surface area contributed by atoms with E-state index < -0.39 is 0 Å². The largest absolute Gasteiger partial charge is 0.468 e. The summed E-state index contributed by atoms with van der Waals surface area (Å²) in [5.41, 5.74) is 1.02. The van der Waals surface area contributed by atoms with Gasteiger partial charge in [0.05, 0.1) is 30.1 Å². The van der Waals surface area contributed by atoms with Crippen LogP contribution in [0.1, 0.15) is 54.8 Å². The van der Waals surface area contributed by atoms with E-state index in [2.05, 4.69) is 16.0 Å². The van der Waals surface area contributed by atoms with Gasteiger partial charge in [0.15, 0.2) is 0 Å². The maximum absolute atomic E-state index is 12.5. The van der Waals surface area contributed by atoms with E-state index in [1.807, 2.05) is 19.1 Å². The van der Waals surface area contributed by atoms with Crippen molar-refractivity contribution in [3.63, 3.8) is 0 Å². The molecule has 0 unspecified atom stereocenters. The average Bonchev–Trinajstić information content (AvgIpc) is 3.34. The summed E-state index contributed by atoms with van der Waals surface area (Å²) in [6.07, 6.45) is 5.96. The number of hydrogen-bond donors (Lipinski definition) is 3. The van der Waals surface area contributed by atoms with Crippen LogP contribution in [0.3, 0.4) is 0 Å². The molecule has 0 spiro atoms. The van der Waals surface area contributed by atoms with Crippen LogP contribution in [0.5, 0.6) is 0 Å².